The van der Waals surface area contributed by atoms with Crippen LogP contribution in [0.5, 0.6) is 0 Å². The number of hydrogen-bond donors (Lipinski definition) is 3. The summed E-state index contributed by atoms with van der Waals surface area (Å²) in [6.45, 7) is 1.72. The zero-order valence-corrected chi connectivity index (χ0v) is 19.4. The van der Waals surface area contributed by atoms with Crippen LogP contribution in [0.25, 0.3) is 0 Å². The summed E-state index contributed by atoms with van der Waals surface area (Å²) in [5.41, 5.74) is 1.60. The van der Waals surface area contributed by atoms with E-state index in [-0.39, 0.29) is 37.4 Å². The Bertz CT molecular complexity index is 999. The van der Waals surface area contributed by atoms with Crippen molar-refractivity contribution in [3.63, 3.8) is 0 Å². The zero-order valence-electron chi connectivity index (χ0n) is 19.4. The van der Waals surface area contributed by atoms with Crippen molar-refractivity contribution in [1.82, 2.24) is 16.0 Å². The number of carbonyl (C=O) groups is 4. The van der Waals surface area contributed by atoms with Crippen LogP contribution in [0.2, 0.25) is 0 Å². The molecule has 1 saturated heterocycles. The number of ether oxygens (including phenoxy) is 2. The molecule has 2 unspecified atom stereocenters. The molecule has 3 N–H and O–H groups in total. The second-order valence-electron chi connectivity index (χ2n) is 7.95. The third-order valence-electron chi connectivity index (χ3n) is 5.28. The fraction of sp³-hybridized carbons (Fsp3) is 0.320. The number of β-lactam (4-membered cyclic amide) rings is 1. The average molecular weight is 481 g/mol. The van der Waals surface area contributed by atoms with E-state index in [0.717, 1.165) is 11.1 Å². The molecule has 0 bridgehead atoms. The minimum Gasteiger partial charge on any atom is -0.444 e. The van der Waals surface area contributed by atoms with Gasteiger partial charge in [-0.1, -0.05) is 60.7 Å². The fourth-order valence-electron chi connectivity index (χ4n) is 3.42. The Morgan fingerprint density at radius 2 is 1.40 bits per heavy atom. The number of amides is 3. The van der Waals surface area contributed by atoms with Gasteiger partial charge in [0.1, 0.15) is 13.2 Å². The molecule has 184 valence electrons. The van der Waals surface area contributed by atoms with E-state index in [1.165, 1.54) is 6.92 Å². The topological polar surface area (TPSA) is 135 Å². The lowest BCUT2D eigenvalue weighted by molar-refractivity contribution is -0.142. The molecule has 2 aromatic rings. The number of benzene rings is 2. The minimum atomic E-state index is -0.800. The van der Waals surface area contributed by atoms with Gasteiger partial charge in [-0.25, -0.2) is 9.59 Å². The molecular weight excluding hydrogens is 452 g/mol. The van der Waals surface area contributed by atoms with E-state index in [2.05, 4.69) is 20.9 Å². The Labute approximate surface area is 203 Å². The molecule has 0 spiro atoms. The maximum atomic E-state index is 12.2. The van der Waals surface area contributed by atoms with Gasteiger partial charge in [0.25, 0.3) is 0 Å². The number of nitrogens with one attached hydrogen (secondary N) is 3. The maximum absolute atomic E-state index is 12.2. The van der Waals surface area contributed by atoms with Gasteiger partial charge in [-0.15, -0.1) is 0 Å². The van der Waals surface area contributed by atoms with E-state index in [9.17, 15) is 19.2 Å². The highest BCUT2D eigenvalue weighted by Crippen LogP contribution is 2.21. The lowest BCUT2D eigenvalue weighted by atomic mass is 9.84. The molecule has 3 amide bonds. The minimum absolute atomic E-state index is 0.0433. The monoisotopic (exact) mass is 480 g/mol. The van der Waals surface area contributed by atoms with Crippen molar-refractivity contribution in [2.24, 2.45) is 10.9 Å². The van der Waals surface area contributed by atoms with Crippen LogP contribution in [-0.4, -0.2) is 42.4 Å². The van der Waals surface area contributed by atoms with E-state index in [4.69, 9.17) is 9.47 Å². The van der Waals surface area contributed by atoms with Crippen LogP contribution in [0.3, 0.4) is 0 Å². The molecule has 1 heterocycles. The molecule has 0 aliphatic carbocycles. The maximum Gasteiger partial charge on any atom is 0.414 e. The van der Waals surface area contributed by atoms with Crippen LogP contribution >= 0.6 is 0 Å². The molecule has 2 aromatic carbocycles. The van der Waals surface area contributed by atoms with Gasteiger partial charge in [0, 0.05) is 6.54 Å². The SMILES string of the molecule is CC(=O)C1NC(=O)C1CCCN=C(NC(=O)OCc1ccccc1)NC(=O)OCc1ccccc1. The van der Waals surface area contributed by atoms with Crippen LogP contribution in [-0.2, 0) is 32.3 Å². The van der Waals surface area contributed by atoms with Crippen molar-refractivity contribution in [2.75, 3.05) is 6.54 Å². The van der Waals surface area contributed by atoms with Gasteiger partial charge in [0.2, 0.25) is 11.9 Å². The summed E-state index contributed by atoms with van der Waals surface area (Å²) < 4.78 is 10.4. The predicted octanol–water partition coefficient (Wildman–Crippen LogP) is 2.68. The Balaban J connectivity index is 1.53. The second kappa shape index (κ2) is 12.9. The smallest absolute Gasteiger partial charge is 0.414 e. The third-order valence-corrected chi connectivity index (χ3v) is 5.28. The summed E-state index contributed by atoms with van der Waals surface area (Å²) in [6, 6.07) is 17.8. The molecular formula is C25H28N4O6. The van der Waals surface area contributed by atoms with Crippen molar-refractivity contribution in [3.05, 3.63) is 71.8 Å². The van der Waals surface area contributed by atoms with Crippen LogP contribution in [0, 0.1) is 5.92 Å². The lowest BCUT2D eigenvalue weighted by Crippen LogP contribution is -2.61. The summed E-state index contributed by atoms with van der Waals surface area (Å²) >= 11 is 0. The second-order valence-corrected chi connectivity index (χ2v) is 7.95. The van der Waals surface area contributed by atoms with Crippen molar-refractivity contribution < 1.29 is 28.7 Å². The van der Waals surface area contributed by atoms with Gasteiger partial charge in [-0.2, -0.15) is 0 Å². The van der Waals surface area contributed by atoms with E-state index in [1.54, 1.807) is 0 Å². The van der Waals surface area contributed by atoms with Gasteiger partial charge in [-0.05, 0) is 30.9 Å². The normalized spacial score (nSPS) is 16.2. The van der Waals surface area contributed by atoms with Gasteiger partial charge in [0.05, 0.1) is 12.0 Å². The number of Topliss-reactive ketones (excluding diaryl/α,β-unsaturated/α-hetero) is 1. The van der Waals surface area contributed by atoms with Crippen molar-refractivity contribution in [1.29, 1.82) is 0 Å². The Morgan fingerprint density at radius 3 is 1.86 bits per heavy atom. The average Bonchev–Trinajstić information content (AvgIpc) is 2.85. The number of ketones is 1. The van der Waals surface area contributed by atoms with Crippen molar-refractivity contribution >= 4 is 29.8 Å². The van der Waals surface area contributed by atoms with Crippen LogP contribution in [0.1, 0.15) is 30.9 Å². The first-order chi connectivity index (χ1) is 16.9. The largest absolute Gasteiger partial charge is 0.444 e. The first kappa shape index (κ1) is 25.4. The van der Waals surface area contributed by atoms with Gasteiger partial charge in [0.15, 0.2) is 5.78 Å². The number of alkyl carbamates (subject to hydrolysis) is 2. The molecule has 1 fully saturated rings. The van der Waals surface area contributed by atoms with Gasteiger partial charge < -0.3 is 14.8 Å². The molecule has 2 atom stereocenters. The molecule has 35 heavy (non-hydrogen) atoms. The molecule has 1 aliphatic rings. The summed E-state index contributed by atoms with van der Waals surface area (Å²) in [6.07, 6.45) is -0.687. The van der Waals surface area contributed by atoms with E-state index in [1.807, 2.05) is 60.7 Å². The quantitative estimate of drug-likeness (QED) is 0.219. The number of aliphatic imine (C=N–C) groups is 1. The lowest BCUT2D eigenvalue weighted by Gasteiger charge is -2.34. The molecule has 0 aromatic heterocycles. The number of rotatable bonds is 9. The fourth-order valence-corrected chi connectivity index (χ4v) is 3.42. The Kier molecular flexibility index (Phi) is 9.35. The summed E-state index contributed by atoms with van der Waals surface area (Å²) in [5, 5.41) is 7.40. The number of guanidine groups is 1. The first-order valence-electron chi connectivity index (χ1n) is 11.2. The standard InChI is InChI=1S/C25H28N4O6/c1-17(30)21-20(22(31)27-21)13-8-14-26-23(28-24(32)34-15-18-9-4-2-5-10-18)29-25(33)35-16-19-11-6-3-7-12-19/h2-7,9-12,20-21H,8,13-16H2,1H3,(H,27,31)(H2,26,28,29,32,33). The molecule has 1 aliphatic heterocycles. The van der Waals surface area contributed by atoms with Gasteiger partial charge >= 0.3 is 12.2 Å². The number of nitrogens with zero attached hydrogens (tertiary/aromatic N) is 1. The first-order valence-corrected chi connectivity index (χ1v) is 11.2. The van der Waals surface area contributed by atoms with Gasteiger partial charge in [-0.3, -0.25) is 25.2 Å². The summed E-state index contributed by atoms with van der Waals surface area (Å²) in [5.74, 6) is -0.787. The summed E-state index contributed by atoms with van der Waals surface area (Å²) in [7, 11) is 0. The molecule has 10 nitrogen and oxygen atoms in total. The third kappa shape index (κ3) is 8.26. The predicted molar refractivity (Wildman–Crippen MR) is 127 cm³/mol. The molecule has 10 heteroatoms. The zero-order chi connectivity index (χ0) is 25.0. The highest BCUT2D eigenvalue weighted by molar-refractivity contribution is 6.01. The Hall–Kier alpha value is -4.21. The van der Waals surface area contributed by atoms with E-state index in [0.29, 0.717) is 12.8 Å². The van der Waals surface area contributed by atoms with Crippen LogP contribution in [0.15, 0.2) is 65.7 Å². The molecule has 0 saturated carbocycles. The molecule has 0 radical (unpaired) electrons. The van der Waals surface area contributed by atoms with Crippen LogP contribution in [0.4, 0.5) is 9.59 Å². The highest BCUT2D eigenvalue weighted by atomic mass is 16.6. The van der Waals surface area contributed by atoms with E-state index >= 15 is 0 Å². The number of carbonyl (C=O) groups excluding carboxylic acids is 4. The number of hydrogen-bond acceptors (Lipinski definition) is 7. The molecule has 3 rings (SSSR count). The van der Waals surface area contributed by atoms with Crippen molar-refractivity contribution in [2.45, 2.75) is 39.0 Å². The van der Waals surface area contributed by atoms with Crippen molar-refractivity contribution in [3.8, 4) is 0 Å². The van der Waals surface area contributed by atoms with E-state index < -0.39 is 24.1 Å². The summed E-state index contributed by atoms with van der Waals surface area (Å²) in [4.78, 5) is 51.9. The highest BCUT2D eigenvalue weighted by Gasteiger charge is 2.41. The Morgan fingerprint density at radius 1 is 0.886 bits per heavy atom. The van der Waals surface area contributed by atoms with Crippen LogP contribution < -0.4 is 16.0 Å².